The number of piperidine rings is 1. The number of rotatable bonds is 6. The fraction of sp³-hybridized carbons (Fsp3) is 0.600. The third-order valence-corrected chi connectivity index (χ3v) is 10.6. The Balaban J connectivity index is 1.50. The topological polar surface area (TPSA) is 45.7 Å². The molecule has 6 atom stereocenters. The maximum absolute atomic E-state index is 13.7. The summed E-state index contributed by atoms with van der Waals surface area (Å²) in [5.74, 6) is 1.83. The monoisotopic (exact) mass is 491 g/mol. The van der Waals surface area contributed by atoms with Gasteiger partial charge in [0.15, 0.2) is 0 Å². The minimum Gasteiger partial charge on any atom is -0.497 e. The number of benzene rings is 1. The molecule has 0 radical (unpaired) electrons. The minimum atomic E-state index is -0.292. The molecule has 5 nitrogen and oxygen atoms in total. The highest BCUT2D eigenvalue weighted by Gasteiger charge is 2.74. The molecule has 2 heterocycles. The Morgan fingerprint density at radius 3 is 2.86 bits per heavy atom. The van der Waals surface area contributed by atoms with Gasteiger partial charge in [-0.2, -0.15) is 0 Å². The highest BCUT2D eigenvalue weighted by atomic mass is 19.1. The normalized spacial score (nSPS) is 34.6. The Labute approximate surface area is 214 Å². The zero-order valence-electron chi connectivity index (χ0n) is 21.8. The molecular formula is C30H38FN3O2. The molecule has 3 fully saturated rings. The number of hydrogen-bond donors (Lipinski definition) is 0. The number of halogens is 1. The third-order valence-electron chi connectivity index (χ3n) is 10.6. The number of amides is 1. The van der Waals surface area contributed by atoms with Crippen LogP contribution < -0.4 is 4.74 Å². The molecule has 3 aliphatic carbocycles. The highest BCUT2D eigenvalue weighted by molar-refractivity contribution is 5.92. The molecule has 36 heavy (non-hydrogen) atoms. The number of fused-ring (bicyclic) bond motifs is 1. The summed E-state index contributed by atoms with van der Waals surface area (Å²) in [4.78, 5) is 22.5. The molecule has 1 aliphatic heterocycles. The van der Waals surface area contributed by atoms with E-state index in [0.29, 0.717) is 30.1 Å². The number of methoxy groups -OCH3 is 1. The van der Waals surface area contributed by atoms with Gasteiger partial charge in [-0.05, 0) is 91.3 Å². The van der Waals surface area contributed by atoms with Crippen LogP contribution in [0.25, 0.3) is 0 Å². The fourth-order valence-electron chi connectivity index (χ4n) is 9.33. The molecule has 1 amide bonds. The molecule has 4 aliphatic rings. The van der Waals surface area contributed by atoms with Crippen LogP contribution in [0.3, 0.4) is 0 Å². The average molecular weight is 492 g/mol. The Kier molecular flexibility index (Phi) is 5.86. The zero-order chi connectivity index (χ0) is 25.1. The van der Waals surface area contributed by atoms with E-state index >= 15 is 0 Å². The van der Waals surface area contributed by atoms with Crippen molar-refractivity contribution in [2.75, 3.05) is 33.9 Å². The molecule has 1 aromatic carbocycles. The number of pyridine rings is 1. The molecule has 192 valence electrons. The first-order valence-corrected chi connectivity index (χ1v) is 13.7. The average Bonchev–Trinajstić information content (AvgIpc) is 3.12. The van der Waals surface area contributed by atoms with E-state index in [1.807, 2.05) is 30.1 Å². The molecule has 0 N–H and O–H groups in total. The van der Waals surface area contributed by atoms with Crippen molar-refractivity contribution in [1.29, 1.82) is 0 Å². The summed E-state index contributed by atoms with van der Waals surface area (Å²) >= 11 is 0. The molecule has 4 bridgehead atoms. The molecule has 2 saturated carbocycles. The van der Waals surface area contributed by atoms with Gasteiger partial charge < -0.3 is 9.64 Å². The molecule has 1 saturated heterocycles. The summed E-state index contributed by atoms with van der Waals surface area (Å²) in [7, 11) is 3.73. The first kappa shape index (κ1) is 23.9. The molecule has 1 aromatic heterocycles. The van der Waals surface area contributed by atoms with Crippen LogP contribution in [-0.2, 0) is 11.8 Å². The van der Waals surface area contributed by atoms with Crippen LogP contribution >= 0.6 is 0 Å². The number of carbonyl (C=O) groups excluding carboxylic acids is 1. The maximum atomic E-state index is 13.7. The van der Waals surface area contributed by atoms with Gasteiger partial charge in [-0.15, -0.1) is 0 Å². The van der Waals surface area contributed by atoms with E-state index < -0.39 is 0 Å². The number of ether oxygens (including phenoxy) is 1. The van der Waals surface area contributed by atoms with Crippen LogP contribution in [-0.4, -0.2) is 66.7 Å². The molecule has 6 heteroatoms. The summed E-state index contributed by atoms with van der Waals surface area (Å²) in [6.45, 7) is 3.47. The second-order valence-electron chi connectivity index (χ2n) is 11.5. The second kappa shape index (κ2) is 8.83. The smallest absolute Gasteiger partial charge is 0.272 e. The van der Waals surface area contributed by atoms with E-state index in [-0.39, 0.29) is 29.5 Å². The van der Waals surface area contributed by atoms with E-state index in [1.54, 1.807) is 13.3 Å². The Hall–Kier alpha value is -2.47. The number of aromatic nitrogens is 1. The van der Waals surface area contributed by atoms with Gasteiger partial charge in [-0.3, -0.25) is 14.7 Å². The standard InChI is InChI=1S/C30H38FN3O2/c1-4-20-19-29-11-10-25(33(2)28(35)24-7-5-6-14-32-24)27(20)30(29)12-15-34(16-13-31)26(29)17-21-8-9-22(36-3)18-23(21)30/h5-9,14,18,20,25-27H,4,10-13,15-17,19H2,1-3H3/t20-,25?,26?,27?,29?,30?/m0/s1. The van der Waals surface area contributed by atoms with Crippen LogP contribution in [0.4, 0.5) is 4.39 Å². The largest absolute Gasteiger partial charge is 0.497 e. The van der Waals surface area contributed by atoms with E-state index in [0.717, 1.165) is 44.4 Å². The summed E-state index contributed by atoms with van der Waals surface area (Å²) in [6.07, 6.45) is 8.05. The summed E-state index contributed by atoms with van der Waals surface area (Å²) in [5.41, 5.74) is 3.45. The number of nitrogens with zero attached hydrogens (tertiary/aromatic N) is 3. The fourth-order valence-corrected chi connectivity index (χ4v) is 9.33. The van der Waals surface area contributed by atoms with E-state index in [9.17, 15) is 9.18 Å². The van der Waals surface area contributed by atoms with Crippen LogP contribution in [0.2, 0.25) is 0 Å². The Morgan fingerprint density at radius 1 is 1.28 bits per heavy atom. The molecule has 5 unspecified atom stereocenters. The van der Waals surface area contributed by atoms with Crippen molar-refractivity contribution in [3.8, 4) is 5.75 Å². The highest BCUT2D eigenvalue weighted by Crippen LogP contribution is 2.74. The van der Waals surface area contributed by atoms with Gasteiger partial charge in [0.05, 0.1) is 7.11 Å². The summed E-state index contributed by atoms with van der Waals surface area (Å²) in [6, 6.07) is 12.7. The molecule has 0 spiro atoms. The predicted octanol–water partition coefficient (Wildman–Crippen LogP) is 4.90. The van der Waals surface area contributed by atoms with Gasteiger partial charge >= 0.3 is 0 Å². The molecule has 2 aromatic rings. The number of carbonyl (C=O) groups is 1. The van der Waals surface area contributed by atoms with E-state index in [4.69, 9.17) is 4.74 Å². The zero-order valence-corrected chi connectivity index (χ0v) is 21.8. The van der Waals surface area contributed by atoms with Gasteiger partial charge in [-0.25, -0.2) is 4.39 Å². The number of likely N-dealkylation sites (tertiary alicyclic amines) is 1. The van der Waals surface area contributed by atoms with Gasteiger partial charge in [0.2, 0.25) is 0 Å². The minimum absolute atomic E-state index is 0.0133. The van der Waals surface area contributed by atoms with Crippen molar-refractivity contribution in [3.63, 3.8) is 0 Å². The maximum Gasteiger partial charge on any atom is 0.272 e. The number of hydrogen-bond acceptors (Lipinski definition) is 4. The van der Waals surface area contributed by atoms with Crippen molar-refractivity contribution in [1.82, 2.24) is 14.8 Å². The Bertz CT molecular complexity index is 1140. The SMILES string of the molecule is CC[C@H]1CC23CCC(N(C)C(=O)c4ccccn4)C1C21CCN(CCF)C3Cc2ccc(OC)cc21. The molecular weight excluding hydrogens is 453 g/mol. The lowest BCUT2D eigenvalue weighted by molar-refractivity contribution is -0.104. The lowest BCUT2D eigenvalue weighted by Crippen LogP contribution is -2.70. The number of alkyl halides is 1. The first-order chi connectivity index (χ1) is 17.5. The van der Waals surface area contributed by atoms with Crippen LogP contribution in [0.15, 0.2) is 42.6 Å². The van der Waals surface area contributed by atoms with Gasteiger partial charge in [0, 0.05) is 37.3 Å². The van der Waals surface area contributed by atoms with Crippen molar-refractivity contribution < 1.29 is 13.9 Å². The van der Waals surface area contributed by atoms with Gasteiger partial charge in [-0.1, -0.05) is 25.5 Å². The summed E-state index contributed by atoms with van der Waals surface area (Å²) < 4.78 is 19.4. The van der Waals surface area contributed by atoms with Gasteiger partial charge in [0.1, 0.15) is 18.1 Å². The molecule has 6 rings (SSSR count). The van der Waals surface area contributed by atoms with Crippen molar-refractivity contribution in [3.05, 3.63) is 59.4 Å². The van der Waals surface area contributed by atoms with Crippen molar-refractivity contribution in [2.24, 2.45) is 17.3 Å². The van der Waals surface area contributed by atoms with E-state index in [2.05, 4.69) is 35.0 Å². The quantitative estimate of drug-likeness (QED) is 0.577. The van der Waals surface area contributed by atoms with Crippen LogP contribution in [0.1, 0.15) is 60.6 Å². The van der Waals surface area contributed by atoms with Gasteiger partial charge in [0.25, 0.3) is 5.91 Å². The lowest BCUT2D eigenvalue weighted by Gasteiger charge is -2.67. The predicted molar refractivity (Wildman–Crippen MR) is 138 cm³/mol. The third kappa shape index (κ3) is 3.09. The summed E-state index contributed by atoms with van der Waals surface area (Å²) in [5, 5.41) is 0. The second-order valence-corrected chi connectivity index (χ2v) is 11.5. The van der Waals surface area contributed by atoms with Crippen LogP contribution in [0.5, 0.6) is 5.75 Å². The Morgan fingerprint density at radius 2 is 2.14 bits per heavy atom. The van der Waals surface area contributed by atoms with E-state index in [1.165, 1.54) is 17.5 Å². The van der Waals surface area contributed by atoms with Crippen molar-refractivity contribution >= 4 is 5.91 Å². The van der Waals surface area contributed by atoms with Crippen LogP contribution in [0, 0.1) is 17.3 Å². The first-order valence-electron chi connectivity index (χ1n) is 13.7. The van der Waals surface area contributed by atoms with Crippen molar-refractivity contribution in [2.45, 2.75) is 62.9 Å². The lowest BCUT2D eigenvalue weighted by atomic mass is 9.43.